The summed E-state index contributed by atoms with van der Waals surface area (Å²) in [5.74, 6) is -2.40. The smallest absolute Gasteiger partial charge is 0.372 e. The van der Waals surface area contributed by atoms with Gasteiger partial charge in [-0.25, -0.2) is 4.79 Å². The van der Waals surface area contributed by atoms with Gasteiger partial charge in [-0.1, -0.05) is 0 Å². The van der Waals surface area contributed by atoms with Crippen molar-refractivity contribution in [1.29, 1.82) is 5.41 Å². The molecule has 50 valence electrons. The first kappa shape index (κ1) is 7.81. The fourth-order valence-electron chi connectivity index (χ4n) is 0.316. The zero-order valence-electron chi connectivity index (χ0n) is 4.97. The van der Waals surface area contributed by atoms with E-state index >= 15 is 0 Å². The van der Waals surface area contributed by atoms with E-state index in [1.807, 2.05) is 0 Å². The summed E-state index contributed by atoms with van der Waals surface area (Å²) in [7, 11) is 0. The molecule has 0 heterocycles. The summed E-state index contributed by atoms with van der Waals surface area (Å²) in [6, 6.07) is 0. The highest BCUT2D eigenvalue weighted by Gasteiger charge is 2.10. The van der Waals surface area contributed by atoms with Crippen molar-refractivity contribution in [3.8, 4) is 0 Å². The van der Waals surface area contributed by atoms with E-state index in [1.54, 1.807) is 0 Å². The molecule has 0 spiro atoms. The maximum Gasteiger partial charge on any atom is 0.372 e. The van der Waals surface area contributed by atoms with Crippen LogP contribution in [0.5, 0.6) is 0 Å². The molecule has 0 saturated heterocycles. The van der Waals surface area contributed by atoms with Crippen LogP contribution in [0.4, 0.5) is 0 Å². The molecule has 0 unspecified atom stereocenters. The number of Topliss-reactive ketones (excluding diaryl/α,β-unsaturated/α-hetero) is 1. The Morgan fingerprint density at radius 2 is 2.00 bits per heavy atom. The van der Waals surface area contributed by atoms with E-state index in [0.29, 0.717) is 0 Å². The molecule has 4 nitrogen and oxygen atoms in total. The topological polar surface area (TPSA) is 78.2 Å². The number of nitrogens with one attached hydrogen (secondary N) is 1. The van der Waals surface area contributed by atoms with E-state index in [0.717, 1.165) is 0 Å². The number of hydrogen-bond acceptors (Lipinski definition) is 3. The van der Waals surface area contributed by atoms with Crippen molar-refractivity contribution in [3.63, 3.8) is 0 Å². The molecule has 2 N–H and O–H groups in total. The van der Waals surface area contributed by atoms with Crippen LogP contribution < -0.4 is 0 Å². The van der Waals surface area contributed by atoms with E-state index in [9.17, 15) is 9.59 Å². The first-order chi connectivity index (χ1) is 4.04. The van der Waals surface area contributed by atoms with Gasteiger partial charge in [-0.05, 0) is 6.92 Å². The third kappa shape index (κ3) is 3.40. The zero-order valence-corrected chi connectivity index (χ0v) is 4.97. The molecule has 0 saturated carbocycles. The molecule has 0 radical (unpaired) electrons. The Kier molecular flexibility index (Phi) is 2.57. The first-order valence-corrected chi connectivity index (χ1v) is 2.34. The van der Waals surface area contributed by atoms with Gasteiger partial charge in [-0.2, -0.15) is 0 Å². The van der Waals surface area contributed by atoms with Gasteiger partial charge in [0.2, 0.25) is 5.78 Å². The van der Waals surface area contributed by atoms with Gasteiger partial charge in [0.05, 0.1) is 6.42 Å². The summed E-state index contributed by atoms with van der Waals surface area (Å²) in [5.41, 5.74) is 0.0717. The van der Waals surface area contributed by atoms with Gasteiger partial charge in [0.15, 0.2) is 0 Å². The average molecular weight is 129 g/mol. The Morgan fingerprint density at radius 3 is 2.11 bits per heavy atom. The molecule has 9 heavy (non-hydrogen) atoms. The van der Waals surface area contributed by atoms with Gasteiger partial charge in [0, 0.05) is 5.71 Å². The maximum absolute atomic E-state index is 10.2. The minimum atomic E-state index is -1.47. The molecule has 0 aliphatic rings. The second-order valence-corrected chi connectivity index (χ2v) is 1.69. The Hall–Kier alpha value is -1.19. The minimum Gasteiger partial charge on any atom is -0.475 e. The van der Waals surface area contributed by atoms with Crippen LogP contribution in [0.1, 0.15) is 13.3 Å². The van der Waals surface area contributed by atoms with Crippen molar-refractivity contribution in [3.05, 3.63) is 0 Å². The van der Waals surface area contributed by atoms with E-state index < -0.39 is 11.8 Å². The molecule has 0 aromatic rings. The summed E-state index contributed by atoms with van der Waals surface area (Å²) in [6.07, 6.45) is -0.282. The van der Waals surface area contributed by atoms with E-state index in [1.165, 1.54) is 6.92 Å². The molecule has 4 heteroatoms. The SMILES string of the molecule is CC(=N)CC(=O)C(=O)O. The van der Waals surface area contributed by atoms with Crippen LogP contribution in [0.15, 0.2) is 0 Å². The predicted molar refractivity (Wildman–Crippen MR) is 30.7 cm³/mol. The Morgan fingerprint density at radius 1 is 1.56 bits per heavy atom. The summed E-state index contributed by atoms with van der Waals surface area (Å²) in [4.78, 5) is 20.0. The summed E-state index contributed by atoms with van der Waals surface area (Å²) in [5, 5.41) is 14.7. The van der Waals surface area contributed by atoms with Crippen LogP contribution in [0, 0.1) is 5.41 Å². The fourth-order valence-corrected chi connectivity index (χ4v) is 0.316. The average Bonchev–Trinajstić information content (AvgIpc) is 1.63. The molecule has 0 aliphatic carbocycles. The highest BCUT2D eigenvalue weighted by Crippen LogP contribution is 1.84. The lowest BCUT2D eigenvalue weighted by Crippen LogP contribution is -2.14. The van der Waals surface area contributed by atoms with Crippen molar-refractivity contribution in [2.24, 2.45) is 0 Å². The molecule has 0 aromatic carbocycles. The van der Waals surface area contributed by atoms with Gasteiger partial charge in [-0.3, -0.25) is 4.79 Å². The zero-order chi connectivity index (χ0) is 7.44. The Balaban J connectivity index is 3.79. The minimum absolute atomic E-state index is 0.0717. The molecular weight excluding hydrogens is 122 g/mol. The van der Waals surface area contributed by atoms with Crippen molar-refractivity contribution in [2.45, 2.75) is 13.3 Å². The van der Waals surface area contributed by atoms with Crippen molar-refractivity contribution >= 4 is 17.5 Å². The molecular formula is C5H7NO3. The summed E-state index contributed by atoms with van der Waals surface area (Å²) >= 11 is 0. The second kappa shape index (κ2) is 2.96. The Labute approximate surface area is 52.0 Å². The second-order valence-electron chi connectivity index (χ2n) is 1.69. The monoisotopic (exact) mass is 129 g/mol. The normalized spacial score (nSPS) is 8.56. The van der Waals surface area contributed by atoms with Crippen LogP contribution in [0.25, 0.3) is 0 Å². The summed E-state index contributed by atoms with van der Waals surface area (Å²) in [6.45, 7) is 1.39. The predicted octanol–water partition coefficient (Wildman–Crippen LogP) is 0.0699. The van der Waals surface area contributed by atoms with Gasteiger partial charge in [0.1, 0.15) is 0 Å². The van der Waals surface area contributed by atoms with Gasteiger partial charge >= 0.3 is 5.97 Å². The van der Waals surface area contributed by atoms with Crippen LogP contribution in [-0.2, 0) is 9.59 Å². The molecule has 0 atom stereocenters. The number of carbonyl (C=O) groups is 2. The number of hydrogen-bond donors (Lipinski definition) is 2. The molecule has 0 bridgehead atoms. The number of carboxylic acid groups (broad SMARTS) is 1. The fraction of sp³-hybridized carbons (Fsp3) is 0.400. The quantitative estimate of drug-likeness (QED) is 0.418. The number of carboxylic acids is 1. The lowest BCUT2D eigenvalue weighted by atomic mass is 10.2. The Bertz CT molecular complexity index is 162. The molecule has 0 amide bonds. The van der Waals surface area contributed by atoms with Crippen molar-refractivity contribution < 1.29 is 14.7 Å². The number of aliphatic carboxylic acids is 1. The third-order valence-corrected chi connectivity index (χ3v) is 0.664. The summed E-state index contributed by atoms with van der Waals surface area (Å²) < 4.78 is 0. The lowest BCUT2D eigenvalue weighted by molar-refractivity contribution is -0.148. The number of rotatable bonds is 3. The van der Waals surface area contributed by atoms with Crippen LogP contribution >= 0.6 is 0 Å². The van der Waals surface area contributed by atoms with Crippen LogP contribution in [-0.4, -0.2) is 22.6 Å². The number of carbonyl (C=O) groups excluding carboxylic acids is 1. The van der Waals surface area contributed by atoms with Crippen molar-refractivity contribution in [2.75, 3.05) is 0 Å². The number of ketones is 1. The lowest BCUT2D eigenvalue weighted by Gasteiger charge is -1.89. The van der Waals surface area contributed by atoms with E-state index in [-0.39, 0.29) is 12.1 Å². The van der Waals surface area contributed by atoms with Gasteiger partial charge < -0.3 is 10.5 Å². The first-order valence-electron chi connectivity index (χ1n) is 2.34. The third-order valence-electron chi connectivity index (χ3n) is 0.664. The van der Waals surface area contributed by atoms with Gasteiger partial charge in [0.25, 0.3) is 0 Å². The van der Waals surface area contributed by atoms with Gasteiger partial charge in [-0.15, -0.1) is 0 Å². The maximum atomic E-state index is 10.2. The highest BCUT2D eigenvalue weighted by molar-refractivity contribution is 6.36. The molecule has 0 aliphatic heterocycles. The van der Waals surface area contributed by atoms with Crippen molar-refractivity contribution in [1.82, 2.24) is 0 Å². The largest absolute Gasteiger partial charge is 0.475 e. The highest BCUT2D eigenvalue weighted by atomic mass is 16.4. The van der Waals surface area contributed by atoms with E-state index in [4.69, 9.17) is 10.5 Å². The van der Waals surface area contributed by atoms with Crippen LogP contribution in [0.3, 0.4) is 0 Å². The van der Waals surface area contributed by atoms with E-state index in [2.05, 4.69) is 0 Å². The molecule has 0 rings (SSSR count). The van der Waals surface area contributed by atoms with Crippen LogP contribution in [0.2, 0.25) is 0 Å². The molecule has 0 fully saturated rings. The standard InChI is InChI=1S/C5H7NO3/c1-3(6)2-4(7)5(8)9/h6H,2H2,1H3,(H,8,9). The molecule has 0 aromatic heterocycles.